The van der Waals surface area contributed by atoms with Gasteiger partial charge in [-0.3, -0.25) is 0 Å². The first-order chi connectivity index (χ1) is 20.7. The van der Waals surface area contributed by atoms with Crippen LogP contribution in [0.1, 0.15) is 22.3 Å². The SMILES string of the molecule is Clc1nc(-c2cccc(C3(c4ccccc4)c4ccccc4-c4ccccc43)c2)nc(-c2cccc3ccccc23)n1. The first-order valence-electron chi connectivity index (χ1n) is 14.0. The van der Waals surface area contributed by atoms with E-state index in [-0.39, 0.29) is 5.28 Å². The van der Waals surface area contributed by atoms with E-state index < -0.39 is 5.41 Å². The Labute approximate surface area is 249 Å². The van der Waals surface area contributed by atoms with Crippen molar-refractivity contribution < 1.29 is 0 Å². The summed E-state index contributed by atoms with van der Waals surface area (Å²) >= 11 is 6.56. The van der Waals surface area contributed by atoms with Gasteiger partial charge < -0.3 is 0 Å². The van der Waals surface area contributed by atoms with Crippen LogP contribution in [0.5, 0.6) is 0 Å². The van der Waals surface area contributed by atoms with Crippen LogP contribution < -0.4 is 0 Å². The van der Waals surface area contributed by atoms with Crippen LogP contribution in [0, 0.1) is 0 Å². The van der Waals surface area contributed by atoms with Gasteiger partial charge in [0, 0.05) is 11.1 Å². The third-order valence-electron chi connectivity index (χ3n) is 8.35. The Kier molecular flexibility index (Phi) is 5.73. The Morgan fingerprint density at radius 3 is 1.81 bits per heavy atom. The second-order valence-corrected chi connectivity index (χ2v) is 10.9. The first-order valence-corrected chi connectivity index (χ1v) is 14.4. The Morgan fingerprint density at radius 1 is 0.452 bits per heavy atom. The first kappa shape index (κ1) is 24.7. The largest absolute Gasteiger partial charge is 0.226 e. The molecule has 6 aromatic carbocycles. The highest BCUT2D eigenvalue weighted by atomic mass is 35.5. The monoisotopic (exact) mass is 557 g/mol. The topological polar surface area (TPSA) is 38.7 Å². The molecule has 0 amide bonds. The van der Waals surface area contributed by atoms with Gasteiger partial charge >= 0.3 is 0 Å². The summed E-state index contributed by atoms with van der Waals surface area (Å²) in [5.74, 6) is 1.10. The quantitative estimate of drug-likeness (QED) is 0.216. The highest BCUT2D eigenvalue weighted by molar-refractivity contribution is 6.28. The summed E-state index contributed by atoms with van der Waals surface area (Å²) in [6.45, 7) is 0. The van der Waals surface area contributed by atoms with E-state index in [1.165, 1.54) is 27.8 Å². The molecule has 3 nitrogen and oxygen atoms in total. The lowest BCUT2D eigenvalue weighted by molar-refractivity contribution is 0.768. The standard InChI is InChI=1S/C38H24ClN3/c39-37-41-35(40-36(42-37)32-21-11-13-25-12-4-5-18-29(25)32)26-14-10-17-28(24-26)38(27-15-2-1-3-16-27)33-22-8-6-19-30(33)31-20-7-9-23-34(31)38/h1-24H. The third kappa shape index (κ3) is 3.71. The van der Waals surface area contributed by atoms with E-state index in [9.17, 15) is 0 Å². The highest BCUT2D eigenvalue weighted by Crippen LogP contribution is 2.56. The predicted octanol–water partition coefficient (Wildman–Crippen LogP) is 9.38. The van der Waals surface area contributed by atoms with Crippen LogP contribution in [0.2, 0.25) is 5.28 Å². The maximum Gasteiger partial charge on any atom is 0.226 e. The Balaban J connectivity index is 1.36. The van der Waals surface area contributed by atoms with Crippen LogP contribution in [-0.2, 0) is 5.41 Å². The lowest BCUT2D eigenvalue weighted by Gasteiger charge is -2.34. The number of hydrogen-bond donors (Lipinski definition) is 0. The van der Waals surface area contributed by atoms with Crippen molar-refractivity contribution in [1.29, 1.82) is 0 Å². The zero-order valence-electron chi connectivity index (χ0n) is 22.6. The second-order valence-electron chi connectivity index (χ2n) is 10.6. The van der Waals surface area contributed by atoms with Gasteiger partial charge in [-0.15, -0.1) is 0 Å². The molecule has 0 bridgehead atoms. The fraction of sp³-hybridized carbons (Fsp3) is 0.0263. The molecular formula is C38H24ClN3. The Morgan fingerprint density at radius 2 is 1.02 bits per heavy atom. The van der Waals surface area contributed by atoms with Gasteiger partial charge in [0.25, 0.3) is 0 Å². The molecule has 0 atom stereocenters. The molecule has 7 aromatic rings. The van der Waals surface area contributed by atoms with Crippen LogP contribution in [0.15, 0.2) is 146 Å². The fourth-order valence-corrected chi connectivity index (χ4v) is 6.78. The van der Waals surface area contributed by atoms with E-state index in [2.05, 4.69) is 125 Å². The third-order valence-corrected chi connectivity index (χ3v) is 8.52. The van der Waals surface area contributed by atoms with Gasteiger partial charge in [0.05, 0.1) is 5.41 Å². The molecule has 0 N–H and O–H groups in total. The molecule has 0 spiro atoms. The number of halogens is 1. The van der Waals surface area contributed by atoms with Crippen molar-refractivity contribution in [3.05, 3.63) is 173 Å². The summed E-state index contributed by atoms with van der Waals surface area (Å²) in [6, 6.07) is 51.2. The maximum atomic E-state index is 6.56. The lowest BCUT2D eigenvalue weighted by Crippen LogP contribution is -2.28. The molecule has 0 aliphatic heterocycles. The van der Waals surface area contributed by atoms with Crippen molar-refractivity contribution in [2.75, 3.05) is 0 Å². The molecule has 42 heavy (non-hydrogen) atoms. The van der Waals surface area contributed by atoms with Crippen LogP contribution >= 0.6 is 11.6 Å². The zero-order chi connectivity index (χ0) is 28.1. The van der Waals surface area contributed by atoms with Gasteiger partial charge in [-0.1, -0.05) is 140 Å². The molecule has 1 heterocycles. The molecule has 1 aliphatic carbocycles. The predicted molar refractivity (Wildman–Crippen MR) is 171 cm³/mol. The minimum absolute atomic E-state index is 0.169. The summed E-state index contributed by atoms with van der Waals surface area (Å²) in [4.78, 5) is 14.1. The van der Waals surface area contributed by atoms with E-state index in [4.69, 9.17) is 16.6 Å². The van der Waals surface area contributed by atoms with Gasteiger partial charge in [0.1, 0.15) is 0 Å². The number of hydrogen-bond acceptors (Lipinski definition) is 3. The van der Waals surface area contributed by atoms with Crippen molar-refractivity contribution in [2.24, 2.45) is 0 Å². The number of nitrogens with zero attached hydrogens (tertiary/aromatic N) is 3. The molecule has 0 radical (unpaired) electrons. The molecule has 0 unspecified atom stereocenters. The molecule has 0 saturated heterocycles. The lowest BCUT2D eigenvalue weighted by atomic mass is 9.67. The van der Waals surface area contributed by atoms with Crippen LogP contribution in [-0.4, -0.2) is 15.0 Å². The molecule has 1 aromatic heterocycles. The van der Waals surface area contributed by atoms with Crippen molar-refractivity contribution in [3.8, 4) is 33.9 Å². The molecule has 4 heteroatoms. The second kappa shape index (κ2) is 9.76. The van der Waals surface area contributed by atoms with Crippen LogP contribution in [0.25, 0.3) is 44.7 Å². The number of rotatable bonds is 4. The van der Waals surface area contributed by atoms with Crippen molar-refractivity contribution >= 4 is 22.4 Å². The van der Waals surface area contributed by atoms with Gasteiger partial charge in [-0.25, -0.2) is 4.98 Å². The molecule has 0 fully saturated rings. The van der Waals surface area contributed by atoms with Crippen molar-refractivity contribution in [3.63, 3.8) is 0 Å². The van der Waals surface area contributed by atoms with E-state index >= 15 is 0 Å². The maximum absolute atomic E-state index is 6.56. The normalized spacial score (nSPS) is 13.1. The Bertz CT molecular complexity index is 2070. The van der Waals surface area contributed by atoms with E-state index in [1.807, 2.05) is 30.3 Å². The minimum atomic E-state index is -0.500. The van der Waals surface area contributed by atoms with Gasteiger partial charge in [0.2, 0.25) is 5.28 Å². The zero-order valence-corrected chi connectivity index (χ0v) is 23.3. The van der Waals surface area contributed by atoms with Gasteiger partial charge in [-0.2, -0.15) is 9.97 Å². The van der Waals surface area contributed by atoms with Crippen LogP contribution in [0.4, 0.5) is 0 Å². The molecule has 1 aliphatic rings. The van der Waals surface area contributed by atoms with Gasteiger partial charge in [-0.05, 0) is 61.8 Å². The van der Waals surface area contributed by atoms with Gasteiger partial charge in [0.15, 0.2) is 11.6 Å². The molecular weight excluding hydrogens is 534 g/mol. The number of fused-ring (bicyclic) bond motifs is 4. The molecule has 198 valence electrons. The van der Waals surface area contributed by atoms with E-state index in [1.54, 1.807) is 0 Å². The summed E-state index contributed by atoms with van der Waals surface area (Å²) < 4.78 is 0. The van der Waals surface area contributed by atoms with Crippen molar-refractivity contribution in [2.45, 2.75) is 5.41 Å². The summed E-state index contributed by atoms with van der Waals surface area (Å²) in [5, 5.41) is 2.37. The summed E-state index contributed by atoms with van der Waals surface area (Å²) in [7, 11) is 0. The van der Waals surface area contributed by atoms with Crippen LogP contribution in [0.3, 0.4) is 0 Å². The summed E-state index contributed by atoms with van der Waals surface area (Å²) in [5.41, 5.74) is 8.70. The highest BCUT2D eigenvalue weighted by Gasteiger charge is 2.45. The number of benzene rings is 6. The summed E-state index contributed by atoms with van der Waals surface area (Å²) in [6.07, 6.45) is 0. The smallest absolute Gasteiger partial charge is 0.208 e. The molecule has 0 saturated carbocycles. The average molecular weight is 558 g/mol. The van der Waals surface area contributed by atoms with E-state index in [0.717, 1.165) is 27.5 Å². The van der Waals surface area contributed by atoms with Crippen molar-refractivity contribution in [1.82, 2.24) is 15.0 Å². The van der Waals surface area contributed by atoms with E-state index in [0.29, 0.717) is 11.6 Å². The Hall–Kier alpha value is -5.12. The molecule has 8 rings (SSSR count). The fourth-order valence-electron chi connectivity index (χ4n) is 6.62. The average Bonchev–Trinajstić information content (AvgIpc) is 3.36. The minimum Gasteiger partial charge on any atom is -0.208 e. The number of aromatic nitrogens is 3.